The molecule has 0 atom stereocenters. The zero-order valence-corrected chi connectivity index (χ0v) is 11.9. The lowest BCUT2D eigenvalue weighted by Crippen LogP contribution is -2.13. The first-order chi connectivity index (χ1) is 9.69. The number of halogens is 1. The van der Waals surface area contributed by atoms with Gasteiger partial charge in [-0.1, -0.05) is 25.1 Å². The third kappa shape index (κ3) is 4.07. The molecule has 3 heteroatoms. The molecule has 0 unspecified atom stereocenters. The highest BCUT2D eigenvalue weighted by Gasteiger charge is 2.02. The maximum Gasteiger partial charge on any atom is 0.130 e. The number of rotatable bonds is 6. The maximum atomic E-state index is 13.4. The first-order valence-electron chi connectivity index (χ1n) is 6.92. The Morgan fingerprint density at radius 1 is 1.05 bits per heavy atom. The van der Waals surface area contributed by atoms with Crippen molar-refractivity contribution in [3.63, 3.8) is 0 Å². The van der Waals surface area contributed by atoms with Crippen LogP contribution in [0.15, 0.2) is 42.5 Å². The average molecular weight is 273 g/mol. The predicted octanol–water partition coefficient (Wildman–Crippen LogP) is 4.43. The number of hydrogen-bond acceptors (Lipinski definition) is 2. The minimum atomic E-state index is -0.247. The fraction of sp³-hybridized carbons (Fsp3) is 0.294. The van der Waals surface area contributed by atoms with E-state index in [4.69, 9.17) is 4.74 Å². The summed E-state index contributed by atoms with van der Waals surface area (Å²) in [7, 11) is 0. The second-order valence-electron chi connectivity index (χ2n) is 4.83. The Kier molecular flexibility index (Phi) is 5.13. The fourth-order valence-electron chi connectivity index (χ4n) is 1.86. The van der Waals surface area contributed by atoms with Gasteiger partial charge in [-0.25, -0.2) is 4.39 Å². The highest BCUT2D eigenvalue weighted by atomic mass is 19.1. The Balaban J connectivity index is 1.97. The summed E-state index contributed by atoms with van der Waals surface area (Å²) in [6.45, 7) is 5.75. The van der Waals surface area contributed by atoms with Gasteiger partial charge in [-0.3, -0.25) is 0 Å². The summed E-state index contributed by atoms with van der Waals surface area (Å²) in [6.07, 6.45) is 1.13. The molecule has 106 valence electrons. The summed E-state index contributed by atoms with van der Waals surface area (Å²) in [5.41, 5.74) is 1.83. The van der Waals surface area contributed by atoms with E-state index >= 15 is 0 Å². The number of nitrogens with one attached hydrogen (secondary N) is 1. The van der Waals surface area contributed by atoms with Crippen LogP contribution in [0.4, 0.5) is 4.39 Å². The predicted molar refractivity (Wildman–Crippen MR) is 79.7 cm³/mol. The summed E-state index contributed by atoms with van der Waals surface area (Å²) in [4.78, 5) is 0. The van der Waals surface area contributed by atoms with Gasteiger partial charge in [0.1, 0.15) is 17.3 Å². The molecule has 0 saturated heterocycles. The van der Waals surface area contributed by atoms with Crippen molar-refractivity contribution in [1.29, 1.82) is 0 Å². The van der Waals surface area contributed by atoms with E-state index in [1.165, 1.54) is 11.6 Å². The topological polar surface area (TPSA) is 21.3 Å². The second kappa shape index (κ2) is 7.06. The largest absolute Gasteiger partial charge is 0.457 e. The summed E-state index contributed by atoms with van der Waals surface area (Å²) >= 11 is 0. The van der Waals surface area contributed by atoms with Crippen molar-refractivity contribution in [2.45, 2.75) is 26.8 Å². The zero-order valence-electron chi connectivity index (χ0n) is 11.9. The van der Waals surface area contributed by atoms with Crippen molar-refractivity contribution in [2.24, 2.45) is 0 Å². The molecule has 2 aromatic carbocycles. The highest BCUT2D eigenvalue weighted by molar-refractivity contribution is 5.34. The zero-order chi connectivity index (χ0) is 14.4. The first-order valence-corrected chi connectivity index (χ1v) is 6.92. The Labute approximate surface area is 119 Å². The molecule has 0 aliphatic rings. The minimum Gasteiger partial charge on any atom is -0.457 e. The van der Waals surface area contributed by atoms with Crippen molar-refractivity contribution in [3.8, 4) is 11.5 Å². The summed E-state index contributed by atoms with van der Waals surface area (Å²) in [5, 5.41) is 3.34. The van der Waals surface area contributed by atoms with Crippen molar-refractivity contribution in [1.82, 2.24) is 5.32 Å². The van der Waals surface area contributed by atoms with Crippen molar-refractivity contribution in [2.75, 3.05) is 6.54 Å². The molecule has 0 aliphatic heterocycles. The lowest BCUT2D eigenvalue weighted by atomic mass is 10.2. The Morgan fingerprint density at radius 2 is 1.75 bits per heavy atom. The third-order valence-corrected chi connectivity index (χ3v) is 3.06. The van der Waals surface area contributed by atoms with E-state index in [1.54, 1.807) is 19.1 Å². The smallest absolute Gasteiger partial charge is 0.130 e. The van der Waals surface area contributed by atoms with E-state index in [9.17, 15) is 4.39 Å². The van der Waals surface area contributed by atoms with Gasteiger partial charge in [0.15, 0.2) is 0 Å². The van der Waals surface area contributed by atoms with Crippen molar-refractivity contribution < 1.29 is 9.13 Å². The third-order valence-electron chi connectivity index (χ3n) is 3.06. The molecule has 0 fully saturated rings. The molecule has 0 aliphatic carbocycles. The molecule has 1 N–H and O–H groups in total. The monoisotopic (exact) mass is 273 g/mol. The quantitative estimate of drug-likeness (QED) is 0.786. The van der Waals surface area contributed by atoms with Crippen molar-refractivity contribution >= 4 is 0 Å². The average Bonchev–Trinajstić information content (AvgIpc) is 2.45. The summed E-state index contributed by atoms with van der Waals surface area (Å²) < 4.78 is 19.1. The Hall–Kier alpha value is -1.87. The number of benzene rings is 2. The number of hydrogen-bond donors (Lipinski definition) is 1. The van der Waals surface area contributed by atoms with Crippen LogP contribution in [-0.4, -0.2) is 6.54 Å². The highest BCUT2D eigenvalue weighted by Crippen LogP contribution is 2.23. The van der Waals surface area contributed by atoms with Crippen LogP contribution in [0.25, 0.3) is 0 Å². The van der Waals surface area contributed by atoms with E-state index in [1.807, 2.05) is 24.3 Å². The van der Waals surface area contributed by atoms with Crippen LogP contribution in [0.3, 0.4) is 0 Å². The first kappa shape index (κ1) is 14.5. The van der Waals surface area contributed by atoms with Crippen LogP contribution in [0.5, 0.6) is 11.5 Å². The molecule has 0 spiro atoms. The van der Waals surface area contributed by atoms with Crippen LogP contribution >= 0.6 is 0 Å². The molecule has 20 heavy (non-hydrogen) atoms. The van der Waals surface area contributed by atoms with Crippen LogP contribution in [0.1, 0.15) is 24.5 Å². The van der Waals surface area contributed by atoms with Crippen LogP contribution in [0.2, 0.25) is 0 Å². The van der Waals surface area contributed by atoms with Crippen LogP contribution < -0.4 is 10.1 Å². The molecule has 0 saturated carbocycles. The van der Waals surface area contributed by atoms with Gasteiger partial charge in [0, 0.05) is 12.6 Å². The molecule has 0 radical (unpaired) electrons. The van der Waals surface area contributed by atoms with Crippen molar-refractivity contribution in [3.05, 3.63) is 59.4 Å². The molecule has 0 heterocycles. The lowest BCUT2D eigenvalue weighted by Gasteiger charge is -2.08. The van der Waals surface area contributed by atoms with Crippen LogP contribution in [-0.2, 0) is 6.54 Å². The van der Waals surface area contributed by atoms with E-state index in [0.717, 1.165) is 19.5 Å². The molecular formula is C17H20FNO. The summed E-state index contributed by atoms with van der Waals surface area (Å²) in [6, 6.07) is 12.7. The van der Waals surface area contributed by atoms with Gasteiger partial charge in [-0.05, 0) is 49.2 Å². The van der Waals surface area contributed by atoms with E-state index in [-0.39, 0.29) is 5.82 Å². The minimum absolute atomic E-state index is 0.247. The Morgan fingerprint density at radius 3 is 2.40 bits per heavy atom. The molecule has 0 bridgehead atoms. The molecule has 2 rings (SSSR count). The van der Waals surface area contributed by atoms with E-state index in [2.05, 4.69) is 12.2 Å². The fourth-order valence-corrected chi connectivity index (χ4v) is 1.86. The van der Waals surface area contributed by atoms with E-state index in [0.29, 0.717) is 17.1 Å². The van der Waals surface area contributed by atoms with Gasteiger partial charge in [0.05, 0.1) is 0 Å². The Bertz CT molecular complexity index is 551. The number of ether oxygens (including phenoxy) is 1. The normalized spacial score (nSPS) is 10.6. The molecule has 0 amide bonds. The maximum absolute atomic E-state index is 13.4. The number of aryl methyl sites for hydroxylation is 1. The second-order valence-corrected chi connectivity index (χ2v) is 4.83. The lowest BCUT2D eigenvalue weighted by molar-refractivity contribution is 0.475. The molecule has 2 aromatic rings. The van der Waals surface area contributed by atoms with E-state index < -0.39 is 0 Å². The summed E-state index contributed by atoms with van der Waals surface area (Å²) in [5.74, 6) is 0.986. The SMILES string of the molecule is CCCNCc1ccc(Oc2ccc(C)c(F)c2)cc1. The van der Waals surface area contributed by atoms with Gasteiger partial charge in [0.2, 0.25) is 0 Å². The standard InChI is InChI=1S/C17H20FNO/c1-3-10-19-12-14-5-8-15(9-6-14)20-16-7-4-13(2)17(18)11-16/h4-9,11,19H,3,10,12H2,1-2H3. The van der Waals surface area contributed by atoms with Crippen LogP contribution in [0, 0.1) is 12.7 Å². The molecule has 2 nitrogen and oxygen atoms in total. The van der Waals surface area contributed by atoms with Gasteiger partial charge in [-0.2, -0.15) is 0 Å². The molecular weight excluding hydrogens is 253 g/mol. The van der Waals surface area contributed by atoms with Gasteiger partial charge in [-0.15, -0.1) is 0 Å². The van der Waals surface area contributed by atoms with Gasteiger partial charge in [0.25, 0.3) is 0 Å². The molecule has 0 aromatic heterocycles. The van der Waals surface area contributed by atoms with Gasteiger partial charge >= 0.3 is 0 Å². The van der Waals surface area contributed by atoms with Gasteiger partial charge < -0.3 is 10.1 Å².